The third-order valence-corrected chi connectivity index (χ3v) is 3.96. The molecule has 0 atom stereocenters. The first kappa shape index (κ1) is 13.8. The van der Waals surface area contributed by atoms with Crippen LogP contribution in [0.3, 0.4) is 0 Å². The molecule has 1 heterocycles. The molecule has 0 fully saturated rings. The Bertz CT molecular complexity index is 780. The van der Waals surface area contributed by atoms with E-state index in [9.17, 15) is 0 Å². The number of aromatic amines is 1. The first-order valence-electron chi connectivity index (χ1n) is 6.82. The van der Waals surface area contributed by atoms with Gasteiger partial charge in [-0.25, -0.2) is 0 Å². The molecule has 0 bridgehead atoms. The number of fused-ring (bicyclic) bond motifs is 1. The van der Waals surface area contributed by atoms with E-state index in [2.05, 4.69) is 23.3 Å². The summed E-state index contributed by atoms with van der Waals surface area (Å²) < 4.78 is 5.37. The van der Waals surface area contributed by atoms with Crippen molar-refractivity contribution in [1.29, 1.82) is 0 Å². The van der Waals surface area contributed by atoms with Gasteiger partial charge in [0.25, 0.3) is 0 Å². The fourth-order valence-corrected chi connectivity index (χ4v) is 2.71. The molecule has 3 nitrogen and oxygen atoms in total. The number of ether oxygens (including phenoxy) is 1. The Morgan fingerprint density at radius 1 is 1.19 bits per heavy atom. The number of nitrogens with one attached hydrogen (secondary N) is 2. The molecule has 1 aromatic heterocycles. The first-order valence-corrected chi connectivity index (χ1v) is 7.20. The molecule has 0 saturated carbocycles. The summed E-state index contributed by atoms with van der Waals surface area (Å²) in [6.45, 7) is 2.67. The smallest absolute Gasteiger partial charge is 0.141 e. The Morgan fingerprint density at radius 3 is 2.76 bits per heavy atom. The summed E-state index contributed by atoms with van der Waals surface area (Å²) in [5, 5.41) is 5.20. The highest BCUT2D eigenvalue weighted by Gasteiger charge is 2.10. The second-order valence-electron chi connectivity index (χ2n) is 5.02. The molecule has 0 amide bonds. The summed E-state index contributed by atoms with van der Waals surface area (Å²) in [6, 6.07) is 14.1. The van der Waals surface area contributed by atoms with E-state index in [4.69, 9.17) is 16.3 Å². The Kier molecular flexibility index (Phi) is 3.76. The van der Waals surface area contributed by atoms with E-state index in [1.54, 1.807) is 7.11 Å². The summed E-state index contributed by atoms with van der Waals surface area (Å²) in [4.78, 5) is 3.35. The van der Waals surface area contributed by atoms with Gasteiger partial charge in [0.1, 0.15) is 5.75 Å². The molecule has 0 unspecified atom stereocenters. The average Bonchev–Trinajstić information content (AvgIpc) is 2.82. The van der Waals surface area contributed by atoms with Crippen molar-refractivity contribution >= 4 is 28.2 Å². The number of aromatic nitrogens is 1. The van der Waals surface area contributed by atoms with Crippen LogP contribution >= 0.6 is 11.6 Å². The van der Waals surface area contributed by atoms with Crippen LogP contribution in [-0.2, 0) is 6.54 Å². The molecule has 108 valence electrons. The number of aryl methyl sites for hydroxylation is 1. The van der Waals surface area contributed by atoms with Crippen molar-refractivity contribution in [3.05, 3.63) is 58.7 Å². The van der Waals surface area contributed by atoms with Gasteiger partial charge in [0.05, 0.1) is 30.1 Å². The maximum Gasteiger partial charge on any atom is 0.141 e. The molecule has 0 aliphatic rings. The van der Waals surface area contributed by atoms with E-state index >= 15 is 0 Å². The van der Waals surface area contributed by atoms with Crippen molar-refractivity contribution in [3.63, 3.8) is 0 Å². The number of hydrogen-bond acceptors (Lipinski definition) is 2. The summed E-state index contributed by atoms with van der Waals surface area (Å²) in [5.41, 5.74) is 4.17. The van der Waals surface area contributed by atoms with Crippen LogP contribution in [0.4, 0.5) is 5.69 Å². The van der Waals surface area contributed by atoms with E-state index in [1.165, 1.54) is 5.56 Å². The Labute approximate surface area is 128 Å². The van der Waals surface area contributed by atoms with Gasteiger partial charge in [0.15, 0.2) is 0 Å². The first-order chi connectivity index (χ1) is 10.2. The summed E-state index contributed by atoms with van der Waals surface area (Å²) in [5.74, 6) is 0.827. The molecule has 21 heavy (non-hydrogen) atoms. The fraction of sp³-hybridized carbons (Fsp3) is 0.176. The number of methoxy groups -OCH3 is 1. The Balaban J connectivity index is 1.87. The predicted octanol–water partition coefficient (Wildman–Crippen LogP) is 4.75. The van der Waals surface area contributed by atoms with Gasteiger partial charge in [-0.15, -0.1) is 0 Å². The lowest BCUT2D eigenvalue weighted by Gasteiger charge is -2.11. The van der Waals surface area contributed by atoms with E-state index in [0.29, 0.717) is 6.54 Å². The summed E-state index contributed by atoms with van der Waals surface area (Å²) in [7, 11) is 1.67. The minimum Gasteiger partial charge on any atom is -0.495 e. The molecule has 0 saturated heterocycles. The van der Waals surface area contributed by atoms with Crippen molar-refractivity contribution in [2.45, 2.75) is 13.5 Å². The molecule has 3 rings (SSSR count). The van der Waals surface area contributed by atoms with Gasteiger partial charge < -0.3 is 15.0 Å². The van der Waals surface area contributed by atoms with Crippen LogP contribution in [0, 0.1) is 6.92 Å². The van der Waals surface area contributed by atoms with Crippen molar-refractivity contribution in [2.75, 3.05) is 12.4 Å². The zero-order valence-corrected chi connectivity index (χ0v) is 12.8. The summed E-state index contributed by atoms with van der Waals surface area (Å²) in [6.07, 6.45) is 0. The number of rotatable bonds is 4. The standard InChI is InChI=1S/C17H17ClN2O/c1-11-7-8-16(21-2)14(9-11)19-10-15-17(18)12-5-3-4-6-13(12)20-15/h3-9,19-20H,10H2,1-2H3. The maximum absolute atomic E-state index is 6.43. The number of hydrogen-bond donors (Lipinski definition) is 2. The topological polar surface area (TPSA) is 37.0 Å². The van der Waals surface area contributed by atoms with Crippen LogP contribution < -0.4 is 10.1 Å². The molecule has 4 heteroatoms. The van der Waals surface area contributed by atoms with Gasteiger partial charge in [0.2, 0.25) is 0 Å². The highest BCUT2D eigenvalue weighted by atomic mass is 35.5. The van der Waals surface area contributed by atoms with Gasteiger partial charge in [-0.2, -0.15) is 0 Å². The highest BCUT2D eigenvalue weighted by Crippen LogP contribution is 2.30. The minimum atomic E-state index is 0.618. The zero-order valence-electron chi connectivity index (χ0n) is 12.0. The lowest BCUT2D eigenvalue weighted by molar-refractivity contribution is 0.416. The van der Waals surface area contributed by atoms with Crippen LogP contribution in [0.2, 0.25) is 5.02 Å². The van der Waals surface area contributed by atoms with Crippen LogP contribution in [0.25, 0.3) is 10.9 Å². The second-order valence-corrected chi connectivity index (χ2v) is 5.40. The molecule has 0 spiro atoms. The third-order valence-electron chi connectivity index (χ3n) is 3.52. The molecule has 2 N–H and O–H groups in total. The SMILES string of the molecule is COc1ccc(C)cc1NCc1[nH]c2ccccc2c1Cl. The van der Waals surface area contributed by atoms with Gasteiger partial charge in [0, 0.05) is 10.9 Å². The number of para-hydroxylation sites is 1. The van der Waals surface area contributed by atoms with Crippen LogP contribution in [0.1, 0.15) is 11.3 Å². The van der Waals surface area contributed by atoms with E-state index in [1.807, 2.05) is 36.4 Å². The molecule has 0 aliphatic carbocycles. The van der Waals surface area contributed by atoms with Gasteiger partial charge in [-0.05, 0) is 30.7 Å². The van der Waals surface area contributed by atoms with Crippen molar-refractivity contribution < 1.29 is 4.74 Å². The molecule has 0 aliphatic heterocycles. The molecular weight excluding hydrogens is 284 g/mol. The Morgan fingerprint density at radius 2 is 2.00 bits per heavy atom. The van der Waals surface area contributed by atoms with E-state index in [-0.39, 0.29) is 0 Å². The van der Waals surface area contributed by atoms with Crippen molar-refractivity contribution in [2.24, 2.45) is 0 Å². The third kappa shape index (κ3) is 2.69. The number of benzene rings is 2. The zero-order chi connectivity index (χ0) is 14.8. The summed E-state index contributed by atoms with van der Waals surface area (Å²) >= 11 is 6.43. The maximum atomic E-state index is 6.43. The van der Waals surface area contributed by atoms with Gasteiger partial charge >= 0.3 is 0 Å². The number of halogens is 1. The van der Waals surface area contributed by atoms with Crippen LogP contribution in [-0.4, -0.2) is 12.1 Å². The molecule has 3 aromatic rings. The average molecular weight is 301 g/mol. The monoisotopic (exact) mass is 300 g/mol. The number of anilines is 1. The van der Waals surface area contributed by atoms with Crippen molar-refractivity contribution in [3.8, 4) is 5.75 Å². The lowest BCUT2D eigenvalue weighted by atomic mass is 10.2. The minimum absolute atomic E-state index is 0.618. The predicted molar refractivity (Wildman–Crippen MR) is 88.4 cm³/mol. The Hall–Kier alpha value is -2.13. The molecule has 2 aromatic carbocycles. The van der Waals surface area contributed by atoms with Crippen molar-refractivity contribution in [1.82, 2.24) is 4.98 Å². The molecule has 0 radical (unpaired) electrons. The van der Waals surface area contributed by atoms with Crippen LogP contribution in [0.15, 0.2) is 42.5 Å². The van der Waals surface area contributed by atoms with Gasteiger partial charge in [-0.3, -0.25) is 0 Å². The molecular formula is C17H17ClN2O. The normalized spacial score (nSPS) is 10.8. The fourth-order valence-electron chi connectivity index (χ4n) is 2.43. The van der Waals surface area contributed by atoms with E-state index in [0.717, 1.165) is 33.1 Å². The lowest BCUT2D eigenvalue weighted by Crippen LogP contribution is -2.02. The quantitative estimate of drug-likeness (QED) is 0.729. The number of H-pyrrole nitrogens is 1. The van der Waals surface area contributed by atoms with Crippen LogP contribution in [0.5, 0.6) is 5.75 Å². The largest absolute Gasteiger partial charge is 0.495 e. The second kappa shape index (κ2) is 5.70. The van der Waals surface area contributed by atoms with E-state index < -0.39 is 0 Å². The highest BCUT2D eigenvalue weighted by molar-refractivity contribution is 6.36. The van der Waals surface area contributed by atoms with Gasteiger partial charge in [-0.1, -0.05) is 35.9 Å².